The minimum Gasteiger partial charge on any atom is -0.528 e. The van der Waals surface area contributed by atoms with Crippen LogP contribution in [0.4, 0.5) is 0 Å². The second-order valence-electron chi connectivity index (χ2n) is 12.5. The maximum atomic E-state index is 4.07. The predicted octanol–water partition coefficient (Wildman–Crippen LogP) is 13.0. The Morgan fingerprint density at radius 2 is 0.493 bits per heavy atom. The molecule has 0 saturated heterocycles. The van der Waals surface area contributed by atoms with Gasteiger partial charge in [0.25, 0.3) is 0 Å². The van der Waals surface area contributed by atoms with Crippen molar-refractivity contribution in [1.29, 1.82) is 0 Å². The molecule has 15 heteroatoms. The quantitative estimate of drug-likeness (QED) is 0.107. The monoisotopic (exact) mass is 1650 g/mol. The summed E-state index contributed by atoms with van der Waals surface area (Å²) in [6.07, 6.45) is 12.8. The maximum absolute atomic E-state index is 4.07. The number of aromatic nitrogens is 3. The van der Waals surface area contributed by atoms with Gasteiger partial charge >= 0.3 is 0 Å². The molecular formula is C60H57B3N3Y9-12. The first-order valence-corrected chi connectivity index (χ1v) is 18.4. The van der Waals surface area contributed by atoms with Crippen molar-refractivity contribution in [1.82, 2.24) is 15.0 Å². The van der Waals surface area contributed by atoms with Crippen molar-refractivity contribution >= 4 is 25.2 Å². The fraction of sp³-hybridized carbons (Fsp3) is 0.150. The van der Waals surface area contributed by atoms with E-state index in [2.05, 4.69) is 124 Å². The standard InChI is InChI=1S/3C18H11N.6CH4.3B.9Y/c2*1-3-8-15(9-4-1)18(16-10-5-2-6-11-16)17-12-7-13-19-14-17;1-3-7-15(8-4-1)18(16-9-5-2-6-10-16)17-11-13-19-14-12-17;;;;;;;;;;;;;;;;;;/h2*1-8,10,13,18H;1-7,9,13-14,18H;6*1H4;;;;;;;;;;;;/q3*-4;;;;;;;;;;;;;;;;;;. The molecule has 3 nitrogen and oxygen atoms in total. The van der Waals surface area contributed by atoms with Gasteiger partial charge in [-0.1, -0.05) is 62.3 Å². The normalized spacial score (nSPS) is 8.04. The number of hydrogen-bond acceptors (Lipinski definition) is 3. The Balaban J connectivity index is -0.0000000709. The summed E-state index contributed by atoms with van der Waals surface area (Å²) in [5, 5.41) is 0. The average molecular weight is 1650 g/mol. The molecule has 0 aliphatic carbocycles. The van der Waals surface area contributed by atoms with Gasteiger partial charge in [0.2, 0.25) is 0 Å². The molecule has 0 fully saturated rings. The van der Waals surface area contributed by atoms with Crippen LogP contribution in [0.1, 0.15) is 112 Å². The minimum atomic E-state index is 0. The van der Waals surface area contributed by atoms with E-state index in [1.165, 1.54) is 0 Å². The Hall–Kier alpha value is 2.90. The second kappa shape index (κ2) is 62.9. The average Bonchev–Trinajstić information content (AvgIpc) is 3.30. The number of hydrogen-bond donors (Lipinski definition) is 0. The Labute approximate surface area is 688 Å². The molecule has 0 spiro atoms. The van der Waals surface area contributed by atoms with Gasteiger partial charge in [0, 0.05) is 320 Å². The van der Waals surface area contributed by atoms with E-state index in [-0.39, 0.29) is 382 Å². The van der Waals surface area contributed by atoms with Gasteiger partial charge in [-0.3, -0.25) is 35.7 Å². The van der Waals surface area contributed by atoms with E-state index < -0.39 is 0 Å². The predicted molar refractivity (Wildman–Crippen MR) is 278 cm³/mol. The molecule has 9 rings (SSSR count). The minimum absolute atomic E-state index is 0. The number of benzene rings is 6. The molecule has 9 aromatic rings. The zero-order valence-electron chi connectivity index (χ0n) is 37.8. The number of rotatable bonds is 9. The summed E-state index contributed by atoms with van der Waals surface area (Å²) >= 11 is 0. The summed E-state index contributed by atoms with van der Waals surface area (Å²) in [6, 6.07) is 83.8. The molecule has 0 unspecified atom stereocenters. The largest absolute Gasteiger partial charge is 0.528 e. The van der Waals surface area contributed by atoms with Crippen LogP contribution < -0.4 is 0 Å². The van der Waals surface area contributed by atoms with Crippen molar-refractivity contribution in [3.63, 3.8) is 0 Å². The van der Waals surface area contributed by atoms with Gasteiger partial charge in [-0.25, -0.2) is 12.4 Å². The van der Waals surface area contributed by atoms with E-state index in [4.69, 9.17) is 0 Å². The van der Waals surface area contributed by atoms with Crippen molar-refractivity contribution in [2.75, 3.05) is 0 Å². The van der Waals surface area contributed by atoms with Crippen molar-refractivity contribution < 1.29 is 294 Å². The van der Waals surface area contributed by atoms with Gasteiger partial charge < -0.3 is 44.8 Å². The molecule has 0 amide bonds. The number of pyridine rings is 3. The van der Waals surface area contributed by atoms with Crippen molar-refractivity contribution in [2.24, 2.45) is 0 Å². The SMILES string of the molecule is C.C.C.C.C.C.[B].[B].[B].[Y].[Y].[Y].[Y].[Y].[Y].[Y].[Y].[Y].[c-]1ccn[c-]c1C(c1[c-]cccc1)c1[c-]cccc1.[c-]1ccn[c-]c1C(c1[c-]cccc1)c1[c-]cccc1.[c-]1cnc[c-]c1C(c1[c-]cccc1)c1[c-]cccc1. The van der Waals surface area contributed by atoms with Gasteiger partial charge in [0.15, 0.2) is 0 Å². The molecule has 3 aromatic heterocycles. The third-order valence-corrected chi connectivity index (χ3v) is 8.87. The van der Waals surface area contributed by atoms with E-state index in [0.717, 1.165) is 50.1 Å². The summed E-state index contributed by atoms with van der Waals surface area (Å²) in [5.41, 5.74) is 9.25. The van der Waals surface area contributed by atoms with Crippen molar-refractivity contribution in [2.45, 2.75) is 62.3 Å². The molecule has 18 radical (unpaired) electrons. The Morgan fingerprint density at radius 1 is 0.267 bits per heavy atom. The van der Waals surface area contributed by atoms with Crippen LogP contribution >= 0.6 is 0 Å². The van der Waals surface area contributed by atoms with Gasteiger partial charge in [-0.2, -0.15) is 228 Å². The molecule has 75 heavy (non-hydrogen) atoms. The molecule has 0 saturated carbocycles. The molecule has 0 aliphatic heterocycles. The summed E-state index contributed by atoms with van der Waals surface area (Å²) in [5.74, 6) is 0.0950. The fourth-order valence-corrected chi connectivity index (χ4v) is 6.32. The first kappa shape index (κ1) is 106. The molecule has 0 aliphatic rings. The third kappa shape index (κ3) is 35.1. The van der Waals surface area contributed by atoms with E-state index in [1.807, 2.05) is 121 Å². The molecule has 0 N–H and O–H groups in total. The zero-order valence-corrected chi connectivity index (χ0v) is 63.4. The molecule has 360 valence electrons. The number of nitrogens with zero attached hydrogens (tertiary/aromatic N) is 3. The van der Waals surface area contributed by atoms with Gasteiger partial charge in [-0.15, -0.1) is 0 Å². The fourth-order valence-electron chi connectivity index (χ4n) is 6.32. The first-order valence-electron chi connectivity index (χ1n) is 18.4. The van der Waals surface area contributed by atoms with Gasteiger partial charge in [-0.05, 0) is 0 Å². The summed E-state index contributed by atoms with van der Waals surface area (Å²) in [4.78, 5) is 12.1. The van der Waals surface area contributed by atoms with Crippen LogP contribution in [0.5, 0.6) is 0 Å². The Kier molecular flexibility index (Phi) is 89.0. The van der Waals surface area contributed by atoms with Crippen LogP contribution in [0, 0.1) is 73.1 Å². The van der Waals surface area contributed by atoms with Gasteiger partial charge in [0.1, 0.15) is 0 Å². The Morgan fingerprint density at radius 3 is 0.680 bits per heavy atom. The van der Waals surface area contributed by atoms with E-state index in [1.54, 1.807) is 24.8 Å². The summed E-state index contributed by atoms with van der Waals surface area (Å²) < 4.78 is 0. The van der Waals surface area contributed by atoms with Crippen LogP contribution in [-0.2, 0) is 294 Å². The molecule has 0 atom stereocenters. The third-order valence-electron chi connectivity index (χ3n) is 8.87. The van der Waals surface area contributed by atoms with E-state index >= 15 is 0 Å². The Bertz CT molecular complexity index is 1910. The van der Waals surface area contributed by atoms with Crippen LogP contribution in [-0.4, -0.2) is 40.2 Å². The first-order chi connectivity index (χ1) is 28.3. The van der Waals surface area contributed by atoms with Crippen molar-refractivity contribution in [3.8, 4) is 0 Å². The van der Waals surface area contributed by atoms with Gasteiger partial charge in [0.05, 0.1) is 0 Å². The van der Waals surface area contributed by atoms with E-state index in [0.29, 0.717) is 0 Å². The van der Waals surface area contributed by atoms with E-state index in [9.17, 15) is 0 Å². The maximum Gasteiger partial charge on any atom is 0 e. The van der Waals surface area contributed by atoms with Crippen LogP contribution in [0.2, 0.25) is 0 Å². The smallest absolute Gasteiger partial charge is 0 e. The van der Waals surface area contributed by atoms with Crippen LogP contribution in [0.25, 0.3) is 0 Å². The van der Waals surface area contributed by atoms with Crippen LogP contribution in [0.3, 0.4) is 0 Å². The zero-order chi connectivity index (χ0) is 38.7. The molecular weight excluding hydrogens is 1600 g/mol. The second-order valence-corrected chi connectivity index (χ2v) is 12.5. The molecule has 0 bridgehead atoms. The summed E-state index contributed by atoms with van der Waals surface area (Å²) in [7, 11) is 0. The topological polar surface area (TPSA) is 38.7 Å². The van der Waals surface area contributed by atoms with Crippen molar-refractivity contribution in [3.05, 3.63) is 306 Å². The van der Waals surface area contributed by atoms with Crippen LogP contribution in [0.15, 0.2) is 183 Å². The molecule has 3 heterocycles. The summed E-state index contributed by atoms with van der Waals surface area (Å²) in [6.45, 7) is 0. The molecule has 6 aromatic carbocycles.